The molecule has 6 nitrogen and oxygen atoms in total. The highest BCUT2D eigenvalue weighted by atomic mass is 16.7. The van der Waals surface area contributed by atoms with Gasteiger partial charge in [0.15, 0.2) is 11.5 Å². The third-order valence-electron chi connectivity index (χ3n) is 4.71. The molecule has 2 amide bonds. The molecule has 1 aromatic carbocycles. The van der Waals surface area contributed by atoms with Gasteiger partial charge in [-0.3, -0.25) is 9.59 Å². The van der Waals surface area contributed by atoms with Gasteiger partial charge in [0.05, 0.1) is 0 Å². The van der Waals surface area contributed by atoms with Crippen LogP contribution in [0.2, 0.25) is 0 Å². The number of carbonyl (C=O) groups excluding carboxylic acids is 2. The quantitative estimate of drug-likeness (QED) is 0.887. The molecule has 2 heterocycles. The largest absolute Gasteiger partial charge is 0.454 e. The lowest BCUT2D eigenvalue weighted by Crippen LogP contribution is -2.44. The van der Waals surface area contributed by atoms with E-state index in [0.717, 1.165) is 29.9 Å². The first-order valence-electron chi connectivity index (χ1n) is 8.99. The van der Waals surface area contributed by atoms with E-state index < -0.39 is 0 Å². The van der Waals surface area contributed by atoms with Gasteiger partial charge < -0.3 is 19.7 Å². The Morgan fingerprint density at radius 2 is 1.92 bits per heavy atom. The zero-order valence-electron chi connectivity index (χ0n) is 14.9. The van der Waals surface area contributed by atoms with E-state index in [2.05, 4.69) is 5.32 Å². The number of piperidine rings is 1. The van der Waals surface area contributed by atoms with E-state index in [1.807, 2.05) is 36.9 Å². The number of nitrogens with zero attached hydrogens (tertiary/aromatic N) is 1. The number of ether oxygens (including phenoxy) is 2. The molecule has 0 unspecified atom stereocenters. The highest BCUT2D eigenvalue weighted by Gasteiger charge is 2.27. The number of rotatable bonds is 5. The van der Waals surface area contributed by atoms with Gasteiger partial charge in [0.25, 0.3) is 0 Å². The maximum atomic E-state index is 12.4. The van der Waals surface area contributed by atoms with Crippen molar-refractivity contribution in [3.05, 3.63) is 23.8 Å². The Hall–Kier alpha value is -2.24. The summed E-state index contributed by atoms with van der Waals surface area (Å²) in [6.07, 6.45) is 2.65. The molecule has 0 bridgehead atoms. The van der Waals surface area contributed by atoms with Crippen LogP contribution in [-0.2, 0) is 16.0 Å². The molecular weight excluding hydrogens is 320 g/mol. The molecule has 0 spiro atoms. The number of benzene rings is 1. The number of likely N-dealkylation sites (tertiary alicyclic amines) is 1. The average Bonchev–Trinajstić information content (AvgIpc) is 3.07. The second-order valence-corrected chi connectivity index (χ2v) is 7.01. The summed E-state index contributed by atoms with van der Waals surface area (Å²) in [5.74, 6) is 1.81. The second kappa shape index (κ2) is 7.76. The van der Waals surface area contributed by atoms with E-state index in [-0.39, 0.29) is 30.6 Å². The average molecular weight is 346 g/mol. The molecule has 1 aromatic rings. The fourth-order valence-corrected chi connectivity index (χ4v) is 3.30. The zero-order chi connectivity index (χ0) is 17.8. The van der Waals surface area contributed by atoms with Gasteiger partial charge in [0.2, 0.25) is 18.6 Å². The molecule has 1 N–H and O–H groups in total. The summed E-state index contributed by atoms with van der Waals surface area (Å²) in [5, 5.41) is 2.96. The van der Waals surface area contributed by atoms with Crippen LogP contribution in [-0.4, -0.2) is 42.6 Å². The van der Waals surface area contributed by atoms with E-state index in [0.29, 0.717) is 25.9 Å². The molecule has 1 saturated heterocycles. The summed E-state index contributed by atoms with van der Waals surface area (Å²) in [6.45, 7) is 5.52. The number of nitrogens with one attached hydrogen (secondary N) is 1. The van der Waals surface area contributed by atoms with Crippen LogP contribution in [0.15, 0.2) is 18.2 Å². The molecule has 1 fully saturated rings. The molecule has 2 aliphatic rings. The Morgan fingerprint density at radius 1 is 1.20 bits per heavy atom. The van der Waals surface area contributed by atoms with Crippen LogP contribution in [0.1, 0.15) is 38.7 Å². The molecule has 2 aliphatic heterocycles. The predicted octanol–water partition coefficient (Wildman–Crippen LogP) is 2.11. The molecule has 0 saturated carbocycles. The molecule has 0 radical (unpaired) electrons. The zero-order valence-corrected chi connectivity index (χ0v) is 14.9. The number of amides is 2. The smallest absolute Gasteiger partial charge is 0.231 e. The summed E-state index contributed by atoms with van der Waals surface area (Å²) >= 11 is 0. The first-order valence-corrected chi connectivity index (χ1v) is 8.99. The summed E-state index contributed by atoms with van der Waals surface area (Å²) in [7, 11) is 0. The minimum Gasteiger partial charge on any atom is -0.454 e. The van der Waals surface area contributed by atoms with Crippen LogP contribution < -0.4 is 14.8 Å². The standard InChI is InChI=1S/C19H26N2O4/c1-13(2)20-19(23)15-7-9-21(10-8-15)18(22)6-4-14-3-5-16-17(11-14)25-12-24-16/h3,5,11,13,15H,4,6-10,12H2,1-2H3,(H,20,23). The van der Waals surface area contributed by atoms with Crippen molar-refractivity contribution >= 4 is 11.8 Å². The Morgan fingerprint density at radius 3 is 2.64 bits per heavy atom. The van der Waals surface area contributed by atoms with Crippen LogP contribution >= 0.6 is 0 Å². The van der Waals surface area contributed by atoms with Gasteiger partial charge in [-0.2, -0.15) is 0 Å². The number of hydrogen-bond acceptors (Lipinski definition) is 4. The van der Waals surface area contributed by atoms with Crippen molar-refractivity contribution in [1.82, 2.24) is 10.2 Å². The minimum absolute atomic E-state index is 0.0281. The first-order chi connectivity index (χ1) is 12.0. The molecule has 6 heteroatoms. The molecule has 25 heavy (non-hydrogen) atoms. The lowest BCUT2D eigenvalue weighted by atomic mass is 9.95. The van der Waals surface area contributed by atoms with Crippen LogP contribution in [0.4, 0.5) is 0 Å². The van der Waals surface area contributed by atoms with Gasteiger partial charge in [-0.25, -0.2) is 0 Å². The highest BCUT2D eigenvalue weighted by Crippen LogP contribution is 2.32. The molecule has 136 valence electrons. The van der Waals surface area contributed by atoms with Crippen LogP contribution in [0, 0.1) is 5.92 Å². The van der Waals surface area contributed by atoms with E-state index in [1.54, 1.807) is 0 Å². The number of fused-ring (bicyclic) bond motifs is 1. The van der Waals surface area contributed by atoms with Gasteiger partial charge in [-0.1, -0.05) is 6.07 Å². The van der Waals surface area contributed by atoms with Crippen molar-refractivity contribution in [3.8, 4) is 11.5 Å². The minimum atomic E-state index is 0.0281. The Bertz CT molecular complexity index is 636. The van der Waals surface area contributed by atoms with Crippen molar-refractivity contribution in [3.63, 3.8) is 0 Å². The Labute approximate surface area is 148 Å². The SMILES string of the molecule is CC(C)NC(=O)C1CCN(C(=O)CCc2ccc3c(c2)OCO3)CC1. The van der Waals surface area contributed by atoms with Crippen molar-refractivity contribution in [1.29, 1.82) is 0 Å². The van der Waals surface area contributed by atoms with Gasteiger partial charge >= 0.3 is 0 Å². The van der Waals surface area contributed by atoms with E-state index in [9.17, 15) is 9.59 Å². The molecule has 0 aliphatic carbocycles. The fourth-order valence-electron chi connectivity index (χ4n) is 3.30. The lowest BCUT2D eigenvalue weighted by molar-refractivity contribution is -0.135. The number of carbonyl (C=O) groups is 2. The van der Waals surface area contributed by atoms with Gasteiger partial charge in [-0.05, 0) is 50.8 Å². The van der Waals surface area contributed by atoms with E-state index in [4.69, 9.17) is 9.47 Å². The molecule has 0 aromatic heterocycles. The molecule has 3 rings (SSSR count). The summed E-state index contributed by atoms with van der Waals surface area (Å²) in [6, 6.07) is 5.97. The van der Waals surface area contributed by atoms with Gasteiger partial charge in [-0.15, -0.1) is 0 Å². The summed E-state index contributed by atoms with van der Waals surface area (Å²) < 4.78 is 10.7. The number of aryl methyl sites for hydroxylation is 1. The van der Waals surface area contributed by atoms with Crippen molar-refractivity contribution in [2.75, 3.05) is 19.9 Å². The molecular formula is C19H26N2O4. The van der Waals surface area contributed by atoms with Crippen LogP contribution in [0.5, 0.6) is 11.5 Å². The van der Waals surface area contributed by atoms with E-state index in [1.165, 1.54) is 0 Å². The normalized spacial score (nSPS) is 17.0. The van der Waals surface area contributed by atoms with Crippen molar-refractivity contribution in [2.24, 2.45) is 5.92 Å². The lowest BCUT2D eigenvalue weighted by Gasteiger charge is -2.31. The summed E-state index contributed by atoms with van der Waals surface area (Å²) in [5.41, 5.74) is 1.07. The third-order valence-corrected chi connectivity index (χ3v) is 4.71. The second-order valence-electron chi connectivity index (χ2n) is 7.01. The maximum Gasteiger partial charge on any atom is 0.231 e. The third kappa shape index (κ3) is 4.44. The fraction of sp³-hybridized carbons (Fsp3) is 0.579. The summed E-state index contributed by atoms with van der Waals surface area (Å²) in [4.78, 5) is 26.4. The highest BCUT2D eigenvalue weighted by molar-refractivity contribution is 5.80. The van der Waals surface area contributed by atoms with E-state index >= 15 is 0 Å². The van der Waals surface area contributed by atoms with Crippen LogP contribution in [0.3, 0.4) is 0 Å². The van der Waals surface area contributed by atoms with Crippen molar-refractivity contribution < 1.29 is 19.1 Å². The predicted molar refractivity (Wildman–Crippen MR) is 93.5 cm³/mol. The Kier molecular flexibility index (Phi) is 5.46. The van der Waals surface area contributed by atoms with Gasteiger partial charge in [0, 0.05) is 31.5 Å². The maximum absolute atomic E-state index is 12.4. The first kappa shape index (κ1) is 17.6. The van der Waals surface area contributed by atoms with Gasteiger partial charge in [0.1, 0.15) is 0 Å². The Balaban J connectivity index is 1.44. The monoisotopic (exact) mass is 346 g/mol. The van der Waals surface area contributed by atoms with Crippen LogP contribution in [0.25, 0.3) is 0 Å². The molecule has 0 atom stereocenters. The van der Waals surface area contributed by atoms with Crippen molar-refractivity contribution in [2.45, 2.75) is 45.6 Å². The topological polar surface area (TPSA) is 67.9 Å². The number of hydrogen-bond donors (Lipinski definition) is 1.